The lowest BCUT2D eigenvalue weighted by Gasteiger charge is -2.17. The molecule has 0 bridgehead atoms. The lowest BCUT2D eigenvalue weighted by atomic mass is 9.93. The third-order valence-corrected chi connectivity index (χ3v) is 3.64. The van der Waals surface area contributed by atoms with Gasteiger partial charge in [-0.3, -0.25) is 4.79 Å². The van der Waals surface area contributed by atoms with Gasteiger partial charge in [0.2, 0.25) is 11.7 Å². The Bertz CT molecular complexity index is 635. The van der Waals surface area contributed by atoms with Crippen molar-refractivity contribution >= 4 is 5.91 Å². The van der Waals surface area contributed by atoms with Gasteiger partial charge in [0.25, 0.3) is 0 Å². The average molecular weight is 283 g/mol. The van der Waals surface area contributed by atoms with Gasteiger partial charge in [-0.1, -0.05) is 30.4 Å². The Labute approximate surface area is 122 Å². The molecular formula is C15H17N5O. The van der Waals surface area contributed by atoms with Crippen LogP contribution in [0.2, 0.25) is 0 Å². The van der Waals surface area contributed by atoms with Gasteiger partial charge in [-0.05, 0) is 36.1 Å². The first kappa shape index (κ1) is 13.5. The Balaban J connectivity index is 1.61. The third-order valence-electron chi connectivity index (χ3n) is 3.64. The summed E-state index contributed by atoms with van der Waals surface area (Å²) in [4.78, 5) is 12.1. The zero-order valence-electron chi connectivity index (χ0n) is 11.6. The molecule has 6 nitrogen and oxygen atoms in total. The van der Waals surface area contributed by atoms with Crippen LogP contribution in [-0.2, 0) is 11.3 Å². The van der Waals surface area contributed by atoms with Crippen LogP contribution >= 0.6 is 0 Å². The average Bonchev–Trinajstić information content (AvgIpc) is 3.08. The number of rotatable bonds is 4. The summed E-state index contributed by atoms with van der Waals surface area (Å²) in [5.74, 6) is 0.792. The summed E-state index contributed by atoms with van der Waals surface area (Å²) in [6, 6.07) is 7.79. The minimum atomic E-state index is 0.107. The molecule has 108 valence electrons. The monoisotopic (exact) mass is 283 g/mol. The van der Waals surface area contributed by atoms with E-state index in [1.165, 1.54) is 0 Å². The summed E-state index contributed by atoms with van der Waals surface area (Å²) in [7, 11) is 0. The Morgan fingerprint density at radius 2 is 2.33 bits per heavy atom. The van der Waals surface area contributed by atoms with Gasteiger partial charge in [-0.25, -0.2) is 0 Å². The zero-order valence-corrected chi connectivity index (χ0v) is 11.6. The summed E-state index contributed by atoms with van der Waals surface area (Å²) in [6.07, 6.45) is 6.99. The van der Waals surface area contributed by atoms with Crippen LogP contribution in [0.25, 0.3) is 11.4 Å². The van der Waals surface area contributed by atoms with E-state index < -0.39 is 0 Å². The van der Waals surface area contributed by atoms with Gasteiger partial charge in [-0.15, -0.1) is 10.2 Å². The third kappa shape index (κ3) is 3.34. The minimum Gasteiger partial charge on any atom is -0.352 e. The Morgan fingerprint density at radius 3 is 3.10 bits per heavy atom. The maximum Gasteiger partial charge on any atom is 0.223 e. The molecule has 6 heteroatoms. The lowest BCUT2D eigenvalue weighted by Crippen LogP contribution is -2.30. The van der Waals surface area contributed by atoms with Gasteiger partial charge in [-0.2, -0.15) is 5.21 Å². The van der Waals surface area contributed by atoms with Crippen molar-refractivity contribution < 1.29 is 4.79 Å². The van der Waals surface area contributed by atoms with E-state index in [0.29, 0.717) is 12.4 Å². The van der Waals surface area contributed by atoms with Gasteiger partial charge in [0.05, 0.1) is 0 Å². The number of carbonyl (C=O) groups excluding carboxylic acids is 1. The number of allylic oxidation sites excluding steroid dienone is 2. The molecule has 1 atom stereocenters. The summed E-state index contributed by atoms with van der Waals surface area (Å²) in [5.41, 5.74) is 1.91. The highest BCUT2D eigenvalue weighted by molar-refractivity contribution is 5.79. The molecule has 1 aromatic carbocycles. The van der Waals surface area contributed by atoms with E-state index in [1.807, 2.05) is 24.3 Å². The molecule has 1 aromatic heterocycles. The standard InChI is InChI=1S/C15H17N5O/c21-15(12-6-2-1-3-7-12)16-10-11-5-4-8-13(9-11)14-17-19-20-18-14/h1-2,4-5,8-9,12H,3,6-7,10H2,(H,16,21)(H,17,18,19,20). The summed E-state index contributed by atoms with van der Waals surface area (Å²) < 4.78 is 0. The lowest BCUT2D eigenvalue weighted by molar-refractivity contribution is -0.125. The Morgan fingerprint density at radius 1 is 1.38 bits per heavy atom. The molecule has 2 N–H and O–H groups in total. The molecule has 1 aliphatic rings. The summed E-state index contributed by atoms with van der Waals surface area (Å²) >= 11 is 0. The fourth-order valence-corrected chi connectivity index (χ4v) is 2.47. The second-order valence-electron chi connectivity index (χ2n) is 5.13. The number of H-pyrrole nitrogens is 1. The molecule has 0 aliphatic heterocycles. The quantitative estimate of drug-likeness (QED) is 0.839. The fourth-order valence-electron chi connectivity index (χ4n) is 2.47. The van der Waals surface area contributed by atoms with E-state index in [2.05, 4.69) is 38.1 Å². The SMILES string of the molecule is O=C(NCc1cccc(-c2nn[nH]n2)c1)C1CC=CCC1. The van der Waals surface area contributed by atoms with Gasteiger partial charge in [0.15, 0.2) is 0 Å². The number of aromatic nitrogens is 4. The molecule has 0 saturated carbocycles. The highest BCUT2D eigenvalue weighted by Gasteiger charge is 2.18. The highest BCUT2D eigenvalue weighted by Crippen LogP contribution is 2.19. The first-order valence-corrected chi connectivity index (χ1v) is 7.08. The van der Waals surface area contributed by atoms with E-state index in [4.69, 9.17) is 0 Å². The summed E-state index contributed by atoms with van der Waals surface area (Å²) in [5, 5.41) is 16.9. The smallest absolute Gasteiger partial charge is 0.223 e. The van der Waals surface area contributed by atoms with Crippen LogP contribution in [0.4, 0.5) is 0 Å². The molecule has 0 spiro atoms. The molecule has 1 amide bonds. The van der Waals surface area contributed by atoms with Crippen LogP contribution in [0.15, 0.2) is 36.4 Å². The Kier molecular flexibility index (Phi) is 4.04. The first-order valence-electron chi connectivity index (χ1n) is 7.08. The molecule has 21 heavy (non-hydrogen) atoms. The molecule has 1 unspecified atom stereocenters. The van der Waals surface area contributed by atoms with Crippen LogP contribution in [0.5, 0.6) is 0 Å². The van der Waals surface area contributed by atoms with Gasteiger partial charge >= 0.3 is 0 Å². The predicted molar refractivity (Wildman–Crippen MR) is 77.9 cm³/mol. The zero-order chi connectivity index (χ0) is 14.5. The summed E-state index contributed by atoms with van der Waals surface area (Å²) in [6.45, 7) is 0.519. The van der Waals surface area contributed by atoms with Crippen LogP contribution < -0.4 is 5.32 Å². The number of hydrogen-bond acceptors (Lipinski definition) is 4. The maximum absolute atomic E-state index is 12.1. The van der Waals surface area contributed by atoms with E-state index in [-0.39, 0.29) is 11.8 Å². The molecule has 0 fully saturated rings. The van der Waals surface area contributed by atoms with E-state index in [1.54, 1.807) is 0 Å². The van der Waals surface area contributed by atoms with Crippen molar-refractivity contribution in [2.24, 2.45) is 5.92 Å². The second-order valence-corrected chi connectivity index (χ2v) is 5.13. The van der Waals surface area contributed by atoms with Gasteiger partial charge in [0, 0.05) is 18.0 Å². The fraction of sp³-hybridized carbons (Fsp3) is 0.333. The number of amides is 1. The minimum absolute atomic E-state index is 0.107. The van der Waals surface area contributed by atoms with Crippen LogP contribution in [0.1, 0.15) is 24.8 Å². The number of carbonyl (C=O) groups is 1. The van der Waals surface area contributed by atoms with Crippen LogP contribution in [-0.4, -0.2) is 26.5 Å². The molecule has 3 rings (SSSR count). The number of benzene rings is 1. The maximum atomic E-state index is 12.1. The molecular weight excluding hydrogens is 266 g/mol. The second kappa shape index (κ2) is 6.30. The normalized spacial score (nSPS) is 17.6. The molecule has 1 aliphatic carbocycles. The number of nitrogens with one attached hydrogen (secondary N) is 2. The number of aromatic amines is 1. The van der Waals surface area contributed by atoms with Crippen molar-refractivity contribution in [2.75, 3.05) is 0 Å². The highest BCUT2D eigenvalue weighted by atomic mass is 16.1. The van der Waals surface area contributed by atoms with Crippen molar-refractivity contribution in [1.29, 1.82) is 0 Å². The Hall–Kier alpha value is -2.50. The number of tetrazole rings is 1. The van der Waals surface area contributed by atoms with Crippen molar-refractivity contribution in [3.63, 3.8) is 0 Å². The van der Waals surface area contributed by atoms with Crippen molar-refractivity contribution in [2.45, 2.75) is 25.8 Å². The van der Waals surface area contributed by atoms with Gasteiger partial charge < -0.3 is 5.32 Å². The molecule has 0 saturated heterocycles. The predicted octanol–water partition coefficient (Wildman–Crippen LogP) is 1.84. The molecule has 2 aromatic rings. The largest absolute Gasteiger partial charge is 0.352 e. The van der Waals surface area contributed by atoms with Crippen molar-refractivity contribution in [1.82, 2.24) is 25.9 Å². The van der Waals surface area contributed by atoms with Crippen LogP contribution in [0, 0.1) is 5.92 Å². The molecule has 1 heterocycles. The number of hydrogen-bond donors (Lipinski definition) is 2. The van der Waals surface area contributed by atoms with Gasteiger partial charge in [0.1, 0.15) is 0 Å². The molecule has 0 radical (unpaired) electrons. The van der Waals surface area contributed by atoms with E-state index >= 15 is 0 Å². The first-order chi connectivity index (χ1) is 10.3. The van der Waals surface area contributed by atoms with Crippen molar-refractivity contribution in [3.05, 3.63) is 42.0 Å². The number of nitrogens with zero attached hydrogens (tertiary/aromatic N) is 3. The van der Waals surface area contributed by atoms with E-state index in [9.17, 15) is 4.79 Å². The van der Waals surface area contributed by atoms with Crippen LogP contribution in [0.3, 0.4) is 0 Å². The topological polar surface area (TPSA) is 83.6 Å². The van der Waals surface area contributed by atoms with E-state index in [0.717, 1.165) is 30.4 Å². The van der Waals surface area contributed by atoms with Crippen molar-refractivity contribution in [3.8, 4) is 11.4 Å².